The first-order valence-corrected chi connectivity index (χ1v) is 5.64. The van der Waals surface area contributed by atoms with Gasteiger partial charge in [-0.25, -0.2) is 0 Å². The number of unbranched alkanes of at least 4 members (excludes halogenated alkanes) is 1. The predicted molar refractivity (Wildman–Crippen MR) is 60.5 cm³/mol. The second-order valence-electron chi connectivity index (χ2n) is 4.35. The Morgan fingerprint density at radius 1 is 1.21 bits per heavy atom. The normalized spacial score (nSPS) is 18.9. The topological polar surface area (TPSA) is 12.0 Å². The van der Waals surface area contributed by atoms with E-state index in [-0.39, 0.29) is 0 Å². The molecule has 1 aromatic carbocycles. The lowest BCUT2D eigenvalue weighted by Crippen LogP contribution is -2.56. The molecule has 1 aliphatic rings. The fourth-order valence-corrected chi connectivity index (χ4v) is 2.26. The summed E-state index contributed by atoms with van der Waals surface area (Å²) in [6.07, 6.45) is 3.98. The number of benzene rings is 1. The summed E-state index contributed by atoms with van der Waals surface area (Å²) in [5.41, 5.74) is 1.98. The van der Waals surface area contributed by atoms with E-state index < -0.39 is 0 Å². The Hall–Kier alpha value is -0.820. The van der Waals surface area contributed by atoms with Crippen molar-refractivity contribution in [1.82, 2.24) is 5.32 Å². The lowest BCUT2D eigenvalue weighted by Gasteiger charge is -2.43. The van der Waals surface area contributed by atoms with E-state index in [9.17, 15) is 0 Å². The zero-order valence-corrected chi connectivity index (χ0v) is 8.92. The molecule has 1 aromatic rings. The molecule has 0 spiro atoms. The van der Waals surface area contributed by atoms with Crippen molar-refractivity contribution in [1.29, 1.82) is 0 Å². The smallest absolute Gasteiger partial charge is 0.0202 e. The first-order chi connectivity index (χ1) is 6.87. The van der Waals surface area contributed by atoms with Crippen LogP contribution in [-0.2, 0) is 5.41 Å². The van der Waals surface area contributed by atoms with Crippen LogP contribution in [-0.4, -0.2) is 13.1 Å². The standard InChI is InChI=1S/C13H19N/c1-2-3-9-13(10-14-11-13)12-7-5-4-6-8-12/h4-8,14H,2-3,9-11H2,1H3. The largest absolute Gasteiger partial charge is 0.315 e. The van der Waals surface area contributed by atoms with Crippen molar-refractivity contribution in [3.63, 3.8) is 0 Å². The first-order valence-electron chi connectivity index (χ1n) is 5.64. The lowest BCUT2D eigenvalue weighted by atomic mass is 9.72. The summed E-state index contributed by atoms with van der Waals surface area (Å²) in [5.74, 6) is 0. The molecule has 1 heteroatoms. The summed E-state index contributed by atoms with van der Waals surface area (Å²) in [4.78, 5) is 0. The fraction of sp³-hybridized carbons (Fsp3) is 0.538. The average Bonchev–Trinajstić information content (AvgIpc) is 2.18. The van der Waals surface area contributed by atoms with E-state index in [1.807, 2.05) is 0 Å². The van der Waals surface area contributed by atoms with Gasteiger partial charge < -0.3 is 5.32 Å². The van der Waals surface area contributed by atoms with Crippen LogP contribution in [0, 0.1) is 0 Å². The molecular formula is C13H19N. The lowest BCUT2D eigenvalue weighted by molar-refractivity contribution is 0.251. The van der Waals surface area contributed by atoms with Crippen molar-refractivity contribution < 1.29 is 0 Å². The Labute approximate surface area is 86.5 Å². The van der Waals surface area contributed by atoms with Gasteiger partial charge in [-0.05, 0) is 12.0 Å². The molecule has 0 amide bonds. The van der Waals surface area contributed by atoms with Gasteiger partial charge >= 0.3 is 0 Å². The molecular weight excluding hydrogens is 170 g/mol. The molecule has 1 saturated heterocycles. The minimum Gasteiger partial charge on any atom is -0.315 e. The molecule has 1 aliphatic heterocycles. The van der Waals surface area contributed by atoms with Gasteiger partial charge in [-0.15, -0.1) is 0 Å². The highest BCUT2D eigenvalue weighted by atomic mass is 15.0. The number of hydrogen-bond acceptors (Lipinski definition) is 1. The highest BCUT2D eigenvalue weighted by molar-refractivity contribution is 5.29. The summed E-state index contributed by atoms with van der Waals surface area (Å²) < 4.78 is 0. The molecule has 76 valence electrons. The quantitative estimate of drug-likeness (QED) is 0.768. The number of nitrogens with one attached hydrogen (secondary N) is 1. The van der Waals surface area contributed by atoms with Crippen molar-refractivity contribution in [2.24, 2.45) is 0 Å². The Balaban J connectivity index is 2.12. The highest BCUT2D eigenvalue weighted by Gasteiger charge is 2.37. The van der Waals surface area contributed by atoms with Crippen molar-refractivity contribution in [3.05, 3.63) is 35.9 Å². The Kier molecular flexibility index (Phi) is 2.87. The third-order valence-electron chi connectivity index (χ3n) is 3.32. The Bertz CT molecular complexity index is 275. The molecule has 0 saturated carbocycles. The van der Waals surface area contributed by atoms with Crippen LogP contribution in [0.4, 0.5) is 0 Å². The van der Waals surface area contributed by atoms with Crippen LogP contribution >= 0.6 is 0 Å². The van der Waals surface area contributed by atoms with Gasteiger partial charge in [0.1, 0.15) is 0 Å². The van der Waals surface area contributed by atoms with Crippen LogP contribution in [0.5, 0.6) is 0 Å². The van der Waals surface area contributed by atoms with Crippen LogP contribution in [0.15, 0.2) is 30.3 Å². The summed E-state index contributed by atoms with van der Waals surface area (Å²) in [6, 6.07) is 11.0. The van der Waals surface area contributed by atoms with Gasteiger partial charge in [-0.1, -0.05) is 50.1 Å². The monoisotopic (exact) mass is 189 g/mol. The predicted octanol–water partition coefficient (Wildman–Crippen LogP) is 2.72. The molecule has 0 bridgehead atoms. The van der Waals surface area contributed by atoms with Crippen LogP contribution in [0.3, 0.4) is 0 Å². The molecule has 0 aliphatic carbocycles. The first kappa shape index (κ1) is 9.72. The van der Waals surface area contributed by atoms with Crippen molar-refractivity contribution in [2.75, 3.05) is 13.1 Å². The van der Waals surface area contributed by atoms with Gasteiger partial charge in [0.05, 0.1) is 0 Å². The maximum absolute atomic E-state index is 3.41. The van der Waals surface area contributed by atoms with Crippen molar-refractivity contribution in [2.45, 2.75) is 31.6 Å². The maximum atomic E-state index is 3.41. The third-order valence-corrected chi connectivity index (χ3v) is 3.32. The average molecular weight is 189 g/mol. The van der Waals surface area contributed by atoms with E-state index >= 15 is 0 Å². The minimum atomic E-state index is 0.456. The third kappa shape index (κ3) is 1.69. The highest BCUT2D eigenvalue weighted by Crippen LogP contribution is 2.33. The molecule has 14 heavy (non-hydrogen) atoms. The van der Waals surface area contributed by atoms with Crippen LogP contribution in [0.1, 0.15) is 31.7 Å². The van der Waals surface area contributed by atoms with E-state index in [0.717, 1.165) is 13.1 Å². The maximum Gasteiger partial charge on any atom is 0.0202 e. The molecule has 2 rings (SSSR count). The van der Waals surface area contributed by atoms with E-state index in [4.69, 9.17) is 0 Å². The minimum absolute atomic E-state index is 0.456. The zero-order chi connectivity index (χ0) is 9.86. The van der Waals surface area contributed by atoms with Gasteiger partial charge in [0, 0.05) is 18.5 Å². The molecule has 0 atom stereocenters. The zero-order valence-electron chi connectivity index (χ0n) is 8.92. The van der Waals surface area contributed by atoms with Crippen LogP contribution < -0.4 is 5.32 Å². The second kappa shape index (κ2) is 4.14. The van der Waals surface area contributed by atoms with E-state index in [2.05, 4.69) is 42.6 Å². The fourth-order valence-electron chi connectivity index (χ4n) is 2.26. The molecule has 1 N–H and O–H groups in total. The van der Waals surface area contributed by atoms with Gasteiger partial charge in [-0.2, -0.15) is 0 Å². The second-order valence-corrected chi connectivity index (χ2v) is 4.35. The molecule has 1 heterocycles. The summed E-state index contributed by atoms with van der Waals surface area (Å²) >= 11 is 0. The van der Waals surface area contributed by atoms with Crippen molar-refractivity contribution >= 4 is 0 Å². The molecule has 0 aromatic heterocycles. The van der Waals surface area contributed by atoms with Gasteiger partial charge in [0.25, 0.3) is 0 Å². The van der Waals surface area contributed by atoms with Crippen LogP contribution in [0.25, 0.3) is 0 Å². The summed E-state index contributed by atoms with van der Waals surface area (Å²) in [6.45, 7) is 4.60. The van der Waals surface area contributed by atoms with E-state index in [1.54, 1.807) is 0 Å². The van der Waals surface area contributed by atoms with Gasteiger partial charge in [-0.3, -0.25) is 0 Å². The summed E-state index contributed by atoms with van der Waals surface area (Å²) in [7, 11) is 0. The molecule has 0 unspecified atom stereocenters. The Morgan fingerprint density at radius 2 is 1.93 bits per heavy atom. The van der Waals surface area contributed by atoms with Crippen LogP contribution in [0.2, 0.25) is 0 Å². The van der Waals surface area contributed by atoms with E-state index in [0.29, 0.717) is 5.41 Å². The van der Waals surface area contributed by atoms with E-state index in [1.165, 1.54) is 24.8 Å². The number of hydrogen-bond donors (Lipinski definition) is 1. The van der Waals surface area contributed by atoms with Crippen molar-refractivity contribution in [3.8, 4) is 0 Å². The Morgan fingerprint density at radius 3 is 2.43 bits per heavy atom. The van der Waals surface area contributed by atoms with Gasteiger partial charge in [0.15, 0.2) is 0 Å². The summed E-state index contributed by atoms with van der Waals surface area (Å²) in [5, 5.41) is 3.41. The molecule has 1 nitrogen and oxygen atoms in total. The van der Waals surface area contributed by atoms with Gasteiger partial charge in [0.2, 0.25) is 0 Å². The molecule has 1 fully saturated rings. The SMILES string of the molecule is CCCCC1(c2ccccc2)CNC1. The number of rotatable bonds is 4. The molecule has 0 radical (unpaired) electrons.